The van der Waals surface area contributed by atoms with E-state index in [1.807, 2.05) is 0 Å². The van der Waals surface area contributed by atoms with Crippen molar-refractivity contribution in [2.24, 2.45) is 0 Å². The van der Waals surface area contributed by atoms with Gasteiger partial charge in [-0.05, 0) is 36.9 Å². The highest BCUT2D eigenvalue weighted by molar-refractivity contribution is 5.28. The molecule has 1 aliphatic heterocycles. The van der Waals surface area contributed by atoms with E-state index < -0.39 is 0 Å². The van der Waals surface area contributed by atoms with E-state index in [0.29, 0.717) is 0 Å². The monoisotopic (exact) mass is 232 g/mol. The molecule has 94 valence electrons. The molecule has 2 heteroatoms. The van der Waals surface area contributed by atoms with E-state index in [2.05, 4.69) is 41.4 Å². The Hall–Kier alpha value is -0.860. The fourth-order valence-electron chi connectivity index (χ4n) is 2.48. The Morgan fingerprint density at radius 2 is 1.71 bits per heavy atom. The number of rotatable bonds is 5. The number of hydrogen-bond acceptors (Lipinski definition) is 2. The van der Waals surface area contributed by atoms with Gasteiger partial charge in [0.1, 0.15) is 0 Å². The molecule has 2 rings (SSSR count). The second kappa shape index (κ2) is 6.77. The highest BCUT2D eigenvalue weighted by atomic mass is 15.1. The molecule has 1 aliphatic rings. The van der Waals surface area contributed by atoms with Crippen LogP contribution in [0.4, 0.5) is 0 Å². The first kappa shape index (κ1) is 12.6. The van der Waals surface area contributed by atoms with E-state index in [4.69, 9.17) is 0 Å². The fraction of sp³-hybridized carbons (Fsp3) is 0.600. The Labute approximate surface area is 105 Å². The van der Waals surface area contributed by atoms with Crippen LogP contribution in [-0.2, 0) is 12.8 Å². The van der Waals surface area contributed by atoms with E-state index in [0.717, 1.165) is 13.1 Å². The Kier molecular flexibility index (Phi) is 5.02. The quantitative estimate of drug-likeness (QED) is 0.782. The molecule has 0 atom stereocenters. The lowest BCUT2D eigenvalue weighted by molar-refractivity contribution is 0.286. The van der Waals surface area contributed by atoms with Crippen LogP contribution in [0.15, 0.2) is 24.3 Å². The van der Waals surface area contributed by atoms with Crippen LogP contribution in [0.5, 0.6) is 0 Å². The summed E-state index contributed by atoms with van der Waals surface area (Å²) >= 11 is 0. The lowest BCUT2D eigenvalue weighted by Crippen LogP contribution is -2.34. The molecule has 0 amide bonds. The third kappa shape index (κ3) is 3.83. The van der Waals surface area contributed by atoms with Crippen LogP contribution >= 0.6 is 0 Å². The number of nitrogens with zero attached hydrogens (tertiary/aromatic N) is 1. The van der Waals surface area contributed by atoms with Crippen molar-refractivity contribution in [1.29, 1.82) is 0 Å². The van der Waals surface area contributed by atoms with Crippen molar-refractivity contribution in [3.05, 3.63) is 35.4 Å². The number of hydrogen-bond donors (Lipinski definition) is 1. The van der Waals surface area contributed by atoms with Crippen molar-refractivity contribution in [2.45, 2.75) is 26.2 Å². The van der Waals surface area contributed by atoms with Gasteiger partial charge in [-0.2, -0.15) is 0 Å². The minimum atomic E-state index is 1.13. The zero-order chi connectivity index (χ0) is 11.9. The molecule has 1 aromatic rings. The van der Waals surface area contributed by atoms with E-state index >= 15 is 0 Å². The molecule has 0 saturated carbocycles. The molecule has 0 aromatic heterocycles. The van der Waals surface area contributed by atoms with Crippen molar-refractivity contribution in [3.63, 3.8) is 0 Å². The average molecular weight is 232 g/mol. The molecule has 0 fully saturated rings. The van der Waals surface area contributed by atoms with Gasteiger partial charge in [-0.3, -0.25) is 0 Å². The minimum absolute atomic E-state index is 1.13. The summed E-state index contributed by atoms with van der Waals surface area (Å²) in [6.07, 6.45) is 3.65. The molecule has 0 unspecified atom stereocenters. The molecule has 2 nitrogen and oxygen atoms in total. The largest absolute Gasteiger partial charge is 0.315 e. The van der Waals surface area contributed by atoms with Crippen molar-refractivity contribution in [1.82, 2.24) is 10.2 Å². The van der Waals surface area contributed by atoms with Crippen molar-refractivity contribution < 1.29 is 0 Å². The molecule has 0 radical (unpaired) electrons. The molecule has 1 aromatic carbocycles. The lowest BCUT2D eigenvalue weighted by Gasteiger charge is -2.19. The maximum Gasteiger partial charge on any atom is 0.0107 e. The third-order valence-electron chi connectivity index (χ3n) is 3.54. The third-order valence-corrected chi connectivity index (χ3v) is 3.54. The van der Waals surface area contributed by atoms with Crippen LogP contribution in [0.2, 0.25) is 0 Å². The first-order valence-corrected chi connectivity index (χ1v) is 6.90. The Balaban J connectivity index is 1.78. The maximum absolute atomic E-state index is 3.48. The molecular formula is C15H24N2. The van der Waals surface area contributed by atoms with Crippen LogP contribution in [0.3, 0.4) is 0 Å². The van der Waals surface area contributed by atoms with Crippen molar-refractivity contribution in [2.75, 3.05) is 32.7 Å². The van der Waals surface area contributed by atoms with E-state index in [1.54, 1.807) is 11.1 Å². The molecule has 0 spiro atoms. The minimum Gasteiger partial charge on any atom is -0.315 e. The summed E-state index contributed by atoms with van der Waals surface area (Å²) in [7, 11) is 0. The molecule has 17 heavy (non-hydrogen) atoms. The van der Waals surface area contributed by atoms with Crippen LogP contribution < -0.4 is 5.32 Å². The second-order valence-corrected chi connectivity index (χ2v) is 4.86. The molecule has 0 bridgehead atoms. The highest BCUT2D eigenvalue weighted by Crippen LogP contribution is 2.14. The number of fused-ring (bicyclic) bond motifs is 1. The SMILES string of the molecule is CCCNCCN1CCc2ccccc2CC1. The summed E-state index contributed by atoms with van der Waals surface area (Å²) < 4.78 is 0. The van der Waals surface area contributed by atoms with Crippen LogP contribution in [0.1, 0.15) is 24.5 Å². The van der Waals surface area contributed by atoms with Gasteiger partial charge < -0.3 is 10.2 Å². The second-order valence-electron chi connectivity index (χ2n) is 4.86. The van der Waals surface area contributed by atoms with E-state index in [1.165, 1.54) is 38.9 Å². The van der Waals surface area contributed by atoms with Gasteiger partial charge in [0.25, 0.3) is 0 Å². The summed E-state index contributed by atoms with van der Waals surface area (Å²) in [4.78, 5) is 2.59. The first-order valence-electron chi connectivity index (χ1n) is 6.90. The number of benzene rings is 1. The fourth-order valence-corrected chi connectivity index (χ4v) is 2.48. The lowest BCUT2D eigenvalue weighted by atomic mass is 10.0. The predicted octanol–water partition coefficient (Wildman–Crippen LogP) is 2.09. The highest BCUT2D eigenvalue weighted by Gasteiger charge is 2.12. The molecular weight excluding hydrogens is 208 g/mol. The van der Waals surface area contributed by atoms with Gasteiger partial charge in [-0.15, -0.1) is 0 Å². The molecule has 0 aliphatic carbocycles. The van der Waals surface area contributed by atoms with Gasteiger partial charge in [0, 0.05) is 26.2 Å². The van der Waals surface area contributed by atoms with Crippen LogP contribution in [0.25, 0.3) is 0 Å². The van der Waals surface area contributed by atoms with Crippen molar-refractivity contribution >= 4 is 0 Å². The zero-order valence-corrected chi connectivity index (χ0v) is 10.9. The van der Waals surface area contributed by atoms with Gasteiger partial charge in [-0.25, -0.2) is 0 Å². The summed E-state index contributed by atoms with van der Waals surface area (Å²) in [6, 6.07) is 8.90. The van der Waals surface area contributed by atoms with E-state index in [-0.39, 0.29) is 0 Å². The maximum atomic E-state index is 3.48. The van der Waals surface area contributed by atoms with Gasteiger partial charge in [0.15, 0.2) is 0 Å². The zero-order valence-electron chi connectivity index (χ0n) is 10.9. The van der Waals surface area contributed by atoms with Crippen LogP contribution in [0, 0.1) is 0 Å². The normalized spacial score (nSPS) is 16.5. The standard InChI is InChI=1S/C15H24N2/c1-2-9-16-10-13-17-11-7-14-5-3-4-6-15(14)8-12-17/h3-6,16H,2,7-13H2,1H3. The Morgan fingerprint density at radius 3 is 2.29 bits per heavy atom. The number of nitrogens with one attached hydrogen (secondary N) is 1. The molecule has 1 heterocycles. The first-order chi connectivity index (χ1) is 8.40. The van der Waals surface area contributed by atoms with E-state index in [9.17, 15) is 0 Å². The predicted molar refractivity (Wildman–Crippen MR) is 73.5 cm³/mol. The summed E-state index contributed by atoms with van der Waals surface area (Å²) in [6.45, 7) is 8.11. The molecule has 1 N–H and O–H groups in total. The van der Waals surface area contributed by atoms with Crippen molar-refractivity contribution in [3.8, 4) is 0 Å². The smallest absolute Gasteiger partial charge is 0.0107 e. The van der Waals surface area contributed by atoms with Gasteiger partial charge in [-0.1, -0.05) is 31.2 Å². The summed E-state index contributed by atoms with van der Waals surface area (Å²) in [5.74, 6) is 0. The van der Waals surface area contributed by atoms with Gasteiger partial charge >= 0.3 is 0 Å². The molecule has 0 saturated heterocycles. The average Bonchev–Trinajstić information content (AvgIpc) is 2.58. The van der Waals surface area contributed by atoms with Gasteiger partial charge in [0.05, 0.1) is 0 Å². The topological polar surface area (TPSA) is 15.3 Å². The summed E-state index contributed by atoms with van der Waals surface area (Å²) in [5, 5.41) is 3.48. The Bertz CT molecular complexity index is 308. The van der Waals surface area contributed by atoms with Gasteiger partial charge in [0.2, 0.25) is 0 Å². The van der Waals surface area contributed by atoms with Crippen LogP contribution in [-0.4, -0.2) is 37.6 Å². The Morgan fingerprint density at radius 1 is 1.06 bits per heavy atom. The summed E-state index contributed by atoms with van der Waals surface area (Å²) in [5.41, 5.74) is 3.10.